The summed E-state index contributed by atoms with van der Waals surface area (Å²) >= 11 is 0. The van der Waals surface area contributed by atoms with E-state index in [9.17, 15) is 14.4 Å². The molecule has 7 nitrogen and oxygen atoms in total. The van der Waals surface area contributed by atoms with E-state index in [0.717, 1.165) is 19.3 Å². The maximum absolute atomic E-state index is 12.1. The quantitative estimate of drug-likeness (QED) is 0.654. The standard InChI is InChI=1S/C14H16N4O3/c15-14(5-2-6-14)7-10(19)16-9-4-1-3-8-11(9)13(21)18-17-12(8)20/h1,3-4H,2,5-7,15H2,(H,16,19)(H,17,20)(H,18,21). The molecule has 1 amide bonds. The van der Waals surface area contributed by atoms with Gasteiger partial charge in [0.1, 0.15) is 0 Å². The monoisotopic (exact) mass is 288 g/mol. The summed E-state index contributed by atoms with van der Waals surface area (Å²) in [4.78, 5) is 35.7. The van der Waals surface area contributed by atoms with Gasteiger partial charge in [-0.3, -0.25) is 24.6 Å². The molecule has 2 aromatic rings. The van der Waals surface area contributed by atoms with E-state index in [-0.39, 0.29) is 23.1 Å². The predicted octanol–water partition coefficient (Wildman–Crippen LogP) is 0.426. The Hall–Kier alpha value is -2.41. The van der Waals surface area contributed by atoms with E-state index in [1.165, 1.54) is 6.07 Å². The van der Waals surface area contributed by atoms with Crippen molar-refractivity contribution in [1.29, 1.82) is 0 Å². The van der Waals surface area contributed by atoms with Crippen molar-refractivity contribution in [2.75, 3.05) is 5.32 Å². The number of amides is 1. The molecule has 7 heteroatoms. The zero-order valence-corrected chi connectivity index (χ0v) is 11.4. The average molecular weight is 288 g/mol. The summed E-state index contributed by atoms with van der Waals surface area (Å²) in [6.07, 6.45) is 2.91. The molecular weight excluding hydrogens is 272 g/mol. The Morgan fingerprint density at radius 2 is 1.95 bits per heavy atom. The first-order chi connectivity index (χ1) is 9.98. The number of carbonyl (C=O) groups is 1. The van der Waals surface area contributed by atoms with Crippen molar-refractivity contribution in [2.45, 2.75) is 31.2 Å². The lowest BCUT2D eigenvalue weighted by Gasteiger charge is -2.37. The van der Waals surface area contributed by atoms with Crippen LogP contribution in [-0.2, 0) is 4.79 Å². The minimum Gasteiger partial charge on any atom is -0.325 e. The number of anilines is 1. The van der Waals surface area contributed by atoms with Crippen LogP contribution >= 0.6 is 0 Å². The van der Waals surface area contributed by atoms with Crippen molar-refractivity contribution in [1.82, 2.24) is 10.2 Å². The molecule has 1 aliphatic carbocycles. The second-order valence-electron chi connectivity index (χ2n) is 5.58. The Morgan fingerprint density at radius 1 is 1.24 bits per heavy atom. The number of H-pyrrole nitrogens is 2. The van der Waals surface area contributed by atoms with Gasteiger partial charge in [-0.1, -0.05) is 6.07 Å². The first-order valence-corrected chi connectivity index (χ1v) is 6.81. The highest BCUT2D eigenvalue weighted by Crippen LogP contribution is 2.32. The van der Waals surface area contributed by atoms with Gasteiger partial charge >= 0.3 is 0 Å². The van der Waals surface area contributed by atoms with Crippen LogP contribution in [0.15, 0.2) is 27.8 Å². The number of aromatic amines is 2. The number of nitrogens with two attached hydrogens (primary N) is 1. The van der Waals surface area contributed by atoms with Gasteiger partial charge in [-0.15, -0.1) is 0 Å². The molecule has 0 unspecified atom stereocenters. The number of hydrogen-bond donors (Lipinski definition) is 4. The Labute approximate surface area is 119 Å². The number of nitrogens with one attached hydrogen (secondary N) is 3. The van der Waals surface area contributed by atoms with Crippen molar-refractivity contribution in [3.8, 4) is 0 Å². The van der Waals surface area contributed by atoms with Gasteiger partial charge in [-0.2, -0.15) is 0 Å². The minimum atomic E-state index is -0.452. The first kappa shape index (κ1) is 13.6. The summed E-state index contributed by atoms with van der Waals surface area (Å²) in [6.45, 7) is 0. The Bertz CT molecular complexity index is 817. The highest BCUT2D eigenvalue weighted by molar-refractivity contribution is 6.01. The molecule has 0 aliphatic heterocycles. The molecule has 1 aromatic heterocycles. The largest absolute Gasteiger partial charge is 0.325 e. The third-order valence-electron chi connectivity index (χ3n) is 3.96. The van der Waals surface area contributed by atoms with Crippen LogP contribution in [-0.4, -0.2) is 21.6 Å². The van der Waals surface area contributed by atoms with E-state index in [1.807, 2.05) is 0 Å². The molecule has 1 heterocycles. The maximum Gasteiger partial charge on any atom is 0.272 e. The smallest absolute Gasteiger partial charge is 0.272 e. The second kappa shape index (κ2) is 4.85. The molecule has 5 N–H and O–H groups in total. The number of benzene rings is 1. The number of rotatable bonds is 3. The average Bonchev–Trinajstić information content (AvgIpc) is 2.41. The van der Waals surface area contributed by atoms with Gasteiger partial charge in [0.2, 0.25) is 5.91 Å². The van der Waals surface area contributed by atoms with E-state index in [0.29, 0.717) is 5.69 Å². The lowest BCUT2D eigenvalue weighted by atomic mass is 9.75. The van der Waals surface area contributed by atoms with E-state index < -0.39 is 16.7 Å². The molecule has 1 aliphatic rings. The van der Waals surface area contributed by atoms with Gasteiger partial charge < -0.3 is 11.1 Å². The fourth-order valence-corrected chi connectivity index (χ4v) is 2.66. The summed E-state index contributed by atoms with van der Waals surface area (Å²) in [5.41, 5.74) is 5.08. The minimum absolute atomic E-state index is 0.175. The fourth-order valence-electron chi connectivity index (χ4n) is 2.66. The molecule has 0 bridgehead atoms. The summed E-state index contributed by atoms with van der Waals surface area (Å²) in [7, 11) is 0. The van der Waals surface area contributed by atoms with E-state index >= 15 is 0 Å². The summed E-state index contributed by atoms with van der Waals surface area (Å²) < 4.78 is 0. The van der Waals surface area contributed by atoms with Gasteiger partial charge in [-0.05, 0) is 31.4 Å². The zero-order valence-electron chi connectivity index (χ0n) is 11.4. The normalized spacial score (nSPS) is 16.4. The molecule has 3 rings (SSSR count). The number of carbonyl (C=O) groups excluding carboxylic acids is 1. The molecule has 0 radical (unpaired) electrons. The molecule has 1 fully saturated rings. The number of fused-ring (bicyclic) bond motifs is 1. The van der Waals surface area contributed by atoms with Crippen LogP contribution in [0, 0.1) is 0 Å². The number of aromatic nitrogens is 2. The molecule has 0 spiro atoms. The van der Waals surface area contributed by atoms with E-state index in [2.05, 4.69) is 15.5 Å². The molecular formula is C14H16N4O3. The molecule has 21 heavy (non-hydrogen) atoms. The van der Waals surface area contributed by atoms with Gasteiger partial charge in [0, 0.05) is 12.0 Å². The Morgan fingerprint density at radius 3 is 2.62 bits per heavy atom. The summed E-state index contributed by atoms with van der Waals surface area (Å²) in [5.74, 6) is -0.246. The Balaban J connectivity index is 1.94. The van der Waals surface area contributed by atoms with Gasteiger partial charge in [-0.25, -0.2) is 0 Å². The topological polar surface area (TPSA) is 121 Å². The van der Waals surface area contributed by atoms with Gasteiger partial charge in [0.15, 0.2) is 0 Å². The SMILES string of the molecule is NC1(CC(=O)Nc2cccc3c(=O)[nH][nH]c(=O)c23)CCC1. The Kier molecular flexibility index (Phi) is 3.13. The van der Waals surface area contributed by atoms with E-state index in [1.54, 1.807) is 12.1 Å². The van der Waals surface area contributed by atoms with Crippen molar-refractivity contribution < 1.29 is 4.79 Å². The van der Waals surface area contributed by atoms with Gasteiger partial charge in [0.25, 0.3) is 11.1 Å². The summed E-state index contributed by atoms with van der Waals surface area (Å²) in [5, 5.41) is 7.61. The highest BCUT2D eigenvalue weighted by atomic mass is 16.2. The highest BCUT2D eigenvalue weighted by Gasteiger charge is 2.34. The van der Waals surface area contributed by atoms with Crippen LogP contribution in [0.5, 0.6) is 0 Å². The molecule has 110 valence electrons. The third-order valence-corrected chi connectivity index (χ3v) is 3.96. The summed E-state index contributed by atoms with van der Waals surface area (Å²) in [6, 6.07) is 4.75. The van der Waals surface area contributed by atoms with Crippen LogP contribution in [0.25, 0.3) is 10.8 Å². The van der Waals surface area contributed by atoms with Gasteiger partial charge in [0.05, 0.1) is 16.5 Å². The third kappa shape index (κ3) is 2.47. The molecule has 0 saturated heterocycles. The molecule has 1 saturated carbocycles. The predicted molar refractivity (Wildman–Crippen MR) is 79.2 cm³/mol. The fraction of sp³-hybridized carbons (Fsp3) is 0.357. The molecule has 0 atom stereocenters. The maximum atomic E-state index is 12.1. The lowest BCUT2D eigenvalue weighted by Crippen LogP contribution is -2.49. The van der Waals surface area contributed by atoms with E-state index in [4.69, 9.17) is 5.73 Å². The lowest BCUT2D eigenvalue weighted by molar-refractivity contribution is -0.118. The first-order valence-electron chi connectivity index (χ1n) is 6.81. The van der Waals surface area contributed by atoms with Crippen molar-refractivity contribution in [3.05, 3.63) is 38.9 Å². The number of hydrogen-bond acceptors (Lipinski definition) is 4. The van der Waals surface area contributed by atoms with Crippen LogP contribution in [0.4, 0.5) is 5.69 Å². The second-order valence-corrected chi connectivity index (χ2v) is 5.58. The van der Waals surface area contributed by atoms with Crippen molar-refractivity contribution >= 4 is 22.4 Å². The molecule has 1 aromatic carbocycles. The van der Waals surface area contributed by atoms with Crippen molar-refractivity contribution in [2.24, 2.45) is 5.73 Å². The van der Waals surface area contributed by atoms with Crippen molar-refractivity contribution in [3.63, 3.8) is 0 Å². The zero-order chi connectivity index (χ0) is 15.0. The van der Waals surface area contributed by atoms with Crippen LogP contribution < -0.4 is 22.2 Å². The van der Waals surface area contributed by atoms with Crippen LogP contribution in [0.1, 0.15) is 25.7 Å². The van der Waals surface area contributed by atoms with Crippen LogP contribution in [0.2, 0.25) is 0 Å². The van der Waals surface area contributed by atoms with Crippen LogP contribution in [0.3, 0.4) is 0 Å².